The summed E-state index contributed by atoms with van der Waals surface area (Å²) in [5.74, 6) is 0.0694. The molecular formula is C6H12N2O. The van der Waals surface area contributed by atoms with Crippen LogP contribution in [0, 0.1) is 0 Å². The lowest BCUT2D eigenvalue weighted by Crippen LogP contribution is -2.13. The Labute approximate surface area is 55.4 Å². The minimum atomic E-state index is 0.0694. The molecule has 0 saturated carbocycles. The van der Waals surface area contributed by atoms with Gasteiger partial charge in [0.1, 0.15) is 0 Å². The van der Waals surface area contributed by atoms with E-state index in [0.717, 1.165) is 0 Å². The van der Waals surface area contributed by atoms with Gasteiger partial charge in [-0.25, -0.2) is 5.01 Å². The fourth-order valence-electron chi connectivity index (χ4n) is 0.438. The number of rotatable bonds is 0. The molecule has 0 unspecified atom stereocenters. The molecule has 3 nitrogen and oxygen atoms in total. The van der Waals surface area contributed by atoms with Crippen molar-refractivity contribution in [3.05, 3.63) is 0 Å². The molecular weight excluding hydrogens is 116 g/mol. The van der Waals surface area contributed by atoms with E-state index in [1.807, 2.05) is 13.8 Å². The van der Waals surface area contributed by atoms with Crippen LogP contribution in [0.4, 0.5) is 0 Å². The van der Waals surface area contributed by atoms with E-state index in [4.69, 9.17) is 0 Å². The van der Waals surface area contributed by atoms with E-state index < -0.39 is 0 Å². The third kappa shape index (κ3) is 2.26. The zero-order valence-electron chi connectivity index (χ0n) is 6.09. The normalized spacial score (nSPS) is 15.4. The summed E-state index contributed by atoms with van der Waals surface area (Å²) in [5, 5.41) is 5.01. The van der Waals surface area contributed by atoms with Crippen molar-refractivity contribution < 1.29 is 4.79 Å². The standard InChI is InChI=1S/C4H6N2O.C2H6/c1-6-4(7)2-3-5-6;1-2/h3H,2H2,1H3;1-2H3. The number of amides is 1. The molecule has 0 aliphatic carbocycles. The van der Waals surface area contributed by atoms with E-state index in [2.05, 4.69) is 5.10 Å². The average molecular weight is 128 g/mol. The highest BCUT2D eigenvalue weighted by atomic mass is 16.2. The van der Waals surface area contributed by atoms with Crippen LogP contribution in [0.2, 0.25) is 0 Å². The van der Waals surface area contributed by atoms with Gasteiger partial charge in [-0.15, -0.1) is 0 Å². The highest BCUT2D eigenvalue weighted by Gasteiger charge is 2.09. The number of hydrazone groups is 1. The Bertz CT molecular complexity index is 120. The molecule has 52 valence electrons. The van der Waals surface area contributed by atoms with Crippen molar-refractivity contribution >= 4 is 12.1 Å². The number of carbonyl (C=O) groups excluding carboxylic acids is 1. The third-order valence-electron chi connectivity index (χ3n) is 0.882. The lowest BCUT2D eigenvalue weighted by atomic mass is 10.5. The summed E-state index contributed by atoms with van der Waals surface area (Å²) < 4.78 is 0. The molecule has 0 aromatic carbocycles. The monoisotopic (exact) mass is 128 g/mol. The lowest BCUT2D eigenvalue weighted by Gasteiger charge is -1.98. The van der Waals surface area contributed by atoms with Crippen LogP contribution in [-0.4, -0.2) is 24.2 Å². The Morgan fingerprint density at radius 3 is 2.33 bits per heavy atom. The first-order valence-electron chi connectivity index (χ1n) is 3.09. The van der Waals surface area contributed by atoms with Crippen LogP contribution in [0.1, 0.15) is 20.3 Å². The van der Waals surface area contributed by atoms with Crippen molar-refractivity contribution in [2.45, 2.75) is 20.3 Å². The fraction of sp³-hybridized carbons (Fsp3) is 0.667. The summed E-state index contributed by atoms with van der Waals surface area (Å²) in [5.41, 5.74) is 0. The first kappa shape index (κ1) is 8.14. The maximum Gasteiger partial charge on any atom is 0.247 e. The minimum absolute atomic E-state index is 0.0694. The second kappa shape index (κ2) is 4.06. The Kier molecular flexibility index (Phi) is 3.67. The summed E-state index contributed by atoms with van der Waals surface area (Å²) in [6, 6.07) is 0. The molecule has 0 N–H and O–H groups in total. The third-order valence-corrected chi connectivity index (χ3v) is 0.882. The Hall–Kier alpha value is -0.860. The molecule has 3 heteroatoms. The quantitative estimate of drug-likeness (QED) is 0.476. The maximum absolute atomic E-state index is 10.4. The van der Waals surface area contributed by atoms with Crippen molar-refractivity contribution in [1.82, 2.24) is 5.01 Å². The van der Waals surface area contributed by atoms with Crippen LogP contribution in [-0.2, 0) is 4.79 Å². The van der Waals surface area contributed by atoms with Crippen molar-refractivity contribution in [1.29, 1.82) is 0 Å². The molecule has 1 amide bonds. The van der Waals surface area contributed by atoms with E-state index >= 15 is 0 Å². The second-order valence-electron chi connectivity index (χ2n) is 1.42. The highest BCUT2D eigenvalue weighted by Crippen LogP contribution is 1.95. The van der Waals surface area contributed by atoms with Crippen molar-refractivity contribution in [3.63, 3.8) is 0 Å². The maximum atomic E-state index is 10.4. The predicted molar refractivity (Wildman–Crippen MR) is 37.2 cm³/mol. The van der Waals surface area contributed by atoms with Gasteiger partial charge < -0.3 is 0 Å². The van der Waals surface area contributed by atoms with Crippen LogP contribution in [0.15, 0.2) is 5.10 Å². The highest BCUT2D eigenvalue weighted by molar-refractivity contribution is 5.93. The summed E-state index contributed by atoms with van der Waals surface area (Å²) in [6.07, 6.45) is 2.07. The second-order valence-corrected chi connectivity index (χ2v) is 1.42. The van der Waals surface area contributed by atoms with Gasteiger partial charge in [0.2, 0.25) is 5.91 Å². The summed E-state index contributed by atoms with van der Waals surface area (Å²) in [7, 11) is 1.64. The van der Waals surface area contributed by atoms with Gasteiger partial charge in [0.05, 0.1) is 6.42 Å². The molecule has 0 spiro atoms. The number of nitrogens with zero attached hydrogens (tertiary/aromatic N) is 2. The van der Waals surface area contributed by atoms with E-state index in [1.54, 1.807) is 13.3 Å². The van der Waals surface area contributed by atoms with Gasteiger partial charge in [0.25, 0.3) is 0 Å². The van der Waals surface area contributed by atoms with Crippen LogP contribution < -0.4 is 0 Å². The SMILES string of the molecule is CC.CN1N=CCC1=O. The number of hydrogen-bond donors (Lipinski definition) is 0. The summed E-state index contributed by atoms with van der Waals surface area (Å²) in [6.45, 7) is 4.00. The van der Waals surface area contributed by atoms with E-state index in [-0.39, 0.29) is 5.91 Å². The van der Waals surface area contributed by atoms with Gasteiger partial charge in [-0.05, 0) is 0 Å². The van der Waals surface area contributed by atoms with Gasteiger partial charge in [-0.3, -0.25) is 4.79 Å². The molecule has 1 heterocycles. The van der Waals surface area contributed by atoms with Gasteiger partial charge in [0, 0.05) is 13.3 Å². The topological polar surface area (TPSA) is 32.7 Å². The largest absolute Gasteiger partial charge is 0.273 e. The summed E-state index contributed by atoms with van der Waals surface area (Å²) >= 11 is 0. The van der Waals surface area contributed by atoms with Crippen molar-refractivity contribution in [3.8, 4) is 0 Å². The predicted octanol–water partition coefficient (Wildman–Crippen LogP) is 0.861. The molecule has 0 radical (unpaired) electrons. The molecule has 0 aromatic rings. The van der Waals surface area contributed by atoms with E-state index in [0.29, 0.717) is 6.42 Å². The molecule has 1 aliphatic rings. The lowest BCUT2D eigenvalue weighted by molar-refractivity contribution is -0.127. The van der Waals surface area contributed by atoms with Gasteiger partial charge in [-0.1, -0.05) is 13.8 Å². The van der Waals surface area contributed by atoms with Crippen LogP contribution in [0.5, 0.6) is 0 Å². The van der Waals surface area contributed by atoms with Crippen LogP contribution in [0.25, 0.3) is 0 Å². The van der Waals surface area contributed by atoms with E-state index in [1.165, 1.54) is 5.01 Å². The van der Waals surface area contributed by atoms with Crippen LogP contribution in [0.3, 0.4) is 0 Å². The first-order valence-corrected chi connectivity index (χ1v) is 3.09. The smallest absolute Gasteiger partial charge is 0.247 e. The Balaban J connectivity index is 0.000000291. The number of hydrogen-bond acceptors (Lipinski definition) is 2. The molecule has 0 fully saturated rings. The van der Waals surface area contributed by atoms with Gasteiger partial charge in [-0.2, -0.15) is 5.10 Å². The molecule has 0 bridgehead atoms. The van der Waals surface area contributed by atoms with Gasteiger partial charge >= 0.3 is 0 Å². The molecule has 9 heavy (non-hydrogen) atoms. The van der Waals surface area contributed by atoms with Crippen molar-refractivity contribution in [2.24, 2.45) is 5.10 Å². The zero-order valence-corrected chi connectivity index (χ0v) is 6.09. The van der Waals surface area contributed by atoms with Gasteiger partial charge in [0.15, 0.2) is 0 Å². The summed E-state index contributed by atoms with van der Waals surface area (Å²) in [4.78, 5) is 10.4. The average Bonchev–Trinajstić information content (AvgIpc) is 2.23. The fourth-order valence-corrected chi connectivity index (χ4v) is 0.438. The van der Waals surface area contributed by atoms with E-state index in [9.17, 15) is 4.79 Å². The molecule has 1 aliphatic heterocycles. The Morgan fingerprint density at radius 2 is 2.22 bits per heavy atom. The Morgan fingerprint density at radius 1 is 1.67 bits per heavy atom. The molecule has 0 aromatic heterocycles. The molecule has 0 atom stereocenters. The molecule has 1 rings (SSSR count). The zero-order chi connectivity index (χ0) is 7.28. The number of carbonyl (C=O) groups is 1. The van der Waals surface area contributed by atoms with Crippen molar-refractivity contribution in [2.75, 3.05) is 7.05 Å². The molecule has 0 saturated heterocycles. The minimum Gasteiger partial charge on any atom is -0.273 e. The van der Waals surface area contributed by atoms with Crippen LogP contribution >= 0.6 is 0 Å². The first-order chi connectivity index (χ1) is 4.30.